The van der Waals surface area contributed by atoms with Gasteiger partial charge in [-0.3, -0.25) is 0 Å². The van der Waals surface area contributed by atoms with Crippen molar-refractivity contribution in [3.63, 3.8) is 0 Å². The lowest BCUT2D eigenvalue weighted by molar-refractivity contribution is 0.527. The molecule has 21 heavy (non-hydrogen) atoms. The molecule has 1 saturated heterocycles. The van der Waals surface area contributed by atoms with Gasteiger partial charge in [0, 0.05) is 12.3 Å². The van der Waals surface area contributed by atoms with Crippen LogP contribution in [0.3, 0.4) is 0 Å². The van der Waals surface area contributed by atoms with Crippen LogP contribution < -0.4 is 5.73 Å². The Morgan fingerprint density at radius 2 is 2.10 bits per heavy atom. The maximum absolute atomic E-state index is 9.47. The second kappa shape index (κ2) is 5.45. The molecule has 1 fully saturated rings. The van der Waals surface area contributed by atoms with Gasteiger partial charge >= 0.3 is 0 Å². The molecular weight excluding hydrogens is 280 g/mol. The Kier molecular flexibility index (Phi) is 3.64. The third-order valence-electron chi connectivity index (χ3n) is 3.90. The van der Waals surface area contributed by atoms with E-state index in [2.05, 4.69) is 44.2 Å². The summed E-state index contributed by atoms with van der Waals surface area (Å²) in [6.45, 7) is 5.17. The summed E-state index contributed by atoms with van der Waals surface area (Å²) in [7, 11) is 0. The Bertz CT molecular complexity index is 652. The molecule has 1 aromatic rings. The van der Waals surface area contributed by atoms with Gasteiger partial charge < -0.3 is 10.6 Å². The van der Waals surface area contributed by atoms with Gasteiger partial charge in [-0.1, -0.05) is 49.9 Å². The average molecular weight is 298 g/mol. The number of rotatable bonds is 2. The van der Waals surface area contributed by atoms with Gasteiger partial charge in [0.15, 0.2) is 5.17 Å². The van der Waals surface area contributed by atoms with E-state index in [-0.39, 0.29) is 6.04 Å². The van der Waals surface area contributed by atoms with Crippen LogP contribution in [0.25, 0.3) is 0 Å². The van der Waals surface area contributed by atoms with Crippen LogP contribution >= 0.6 is 11.8 Å². The van der Waals surface area contributed by atoms with Crippen LogP contribution in [0.4, 0.5) is 0 Å². The van der Waals surface area contributed by atoms with Crippen LogP contribution in [0.2, 0.25) is 0 Å². The van der Waals surface area contributed by atoms with Crippen molar-refractivity contribution in [1.29, 1.82) is 5.26 Å². The zero-order valence-corrected chi connectivity index (χ0v) is 13.0. The first kappa shape index (κ1) is 14.0. The zero-order chi connectivity index (χ0) is 15.0. The number of benzene rings is 1. The molecule has 108 valence electrons. The molecule has 0 aliphatic carbocycles. The number of nitrogens with zero attached hydrogens (tertiary/aromatic N) is 3. The van der Waals surface area contributed by atoms with Crippen molar-refractivity contribution in [2.24, 2.45) is 10.7 Å². The molecule has 0 amide bonds. The Morgan fingerprint density at radius 1 is 1.38 bits per heavy atom. The van der Waals surface area contributed by atoms with Crippen LogP contribution in [0.1, 0.15) is 36.9 Å². The molecule has 2 aliphatic rings. The number of fused-ring (bicyclic) bond motifs is 1. The molecule has 2 N–H and O–H groups in total. The largest absolute Gasteiger partial charge is 0.384 e. The SMILES string of the molecule is CC(C)c1ccc(C2N=C3SCCN3C(N)=C2C#N)cc1. The van der Waals surface area contributed by atoms with E-state index >= 15 is 0 Å². The molecule has 3 rings (SSSR count). The van der Waals surface area contributed by atoms with Crippen LogP contribution in [0.5, 0.6) is 0 Å². The molecule has 5 heteroatoms. The van der Waals surface area contributed by atoms with E-state index in [9.17, 15) is 5.26 Å². The maximum Gasteiger partial charge on any atom is 0.165 e. The summed E-state index contributed by atoms with van der Waals surface area (Å²) in [5.41, 5.74) is 9.04. The van der Waals surface area contributed by atoms with E-state index in [1.165, 1.54) is 5.56 Å². The number of amidine groups is 1. The summed E-state index contributed by atoms with van der Waals surface area (Å²) in [4.78, 5) is 6.68. The quantitative estimate of drug-likeness (QED) is 0.911. The fraction of sp³-hybridized carbons (Fsp3) is 0.375. The predicted molar refractivity (Wildman–Crippen MR) is 86.7 cm³/mol. The Balaban J connectivity index is 2.00. The number of hydrogen-bond donors (Lipinski definition) is 1. The summed E-state index contributed by atoms with van der Waals surface area (Å²) in [5.74, 6) is 2.02. The van der Waals surface area contributed by atoms with E-state index in [0.29, 0.717) is 17.3 Å². The van der Waals surface area contributed by atoms with Gasteiger partial charge in [-0.15, -0.1) is 0 Å². The van der Waals surface area contributed by atoms with Gasteiger partial charge in [-0.2, -0.15) is 5.26 Å². The summed E-state index contributed by atoms with van der Waals surface area (Å²) in [6.07, 6.45) is 0. The monoisotopic (exact) mass is 298 g/mol. The van der Waals surface area contributed by atoms with E-state index in [1.807, 2.05) is 4.90 Å². The lowest BCUT2D eigenvalue weighted by Gasteiger charge is -2.27. The summed E-state index contributed by atoms with van der Waals surface area (Å²) >= 11 is 1.70. The smallest absolute Gasteiger partial charge is 0.165 e. The Morgan fingerprint density at radius 3 is 2.71 bits per heavy atom. The average Bonchev–Trinajstić information content (AvgIpc) is 2.96. The molecule has 0 saturated carbocycles. The number of thioether (sulfide) groups is 1. The molecule has 1 aromatic carbocycles. The van der Waals surface area contributed by atoms with Gasteiger partial charge in [0.25, 0.3) is 0 Å². The fourth-order valence-electron chi connectivity index (χ4n) is 2.62. The highest BCUT2D eigenvalue weighted by Crippen LogP contribution is 2.36. The van der Waals surface area contributed by atoms with Crippen LogP contribution in [0, 0.1) is 11.3 Å². The minimum absolute atomic E-state index is 0.270. The molecule has 0 bridgehead atoms. The van der Waals surface area contributed by atoms with E-state index in [0.717, 1.165) is 23.0 Å². The normalized spacial score (nSPS) is 21.3. The number of nitriles is 1. The van der Waals surface area contributed by atoms with Crippen LogP contribution in [0.15, 0.2) is 40.7 Å². The van der Waals surface area contributed by atoms with Crippen LogP contribution in [-0.4, -0.2) is 22.4 Å². The molecule has 0 radical (unpaired) electrons. The lowest BCUT2D eigenvalue weighted by atomic mass is 9.95. The molecule has 0 aromatic heterocycles. The van der Waals surface area contributed by atoms with Gasteiger partial charge in [-0.05, 0) is 17.0 Å². The molecule has 4 nitrogen and oxygen atoms in total. The summed E-state index contributed by atoms with van der Waals surface area (Å²) < 4.78 is 0. The Labute approximate surface area is 129 Å². The standard InChI is InChI=1S/C16H18N4S/c1-10(2)11-3-5-12(6-4-11)14-13(9-17)15(18)20-7-8-21-16(20)19-14/h3-6,10,14H,7-8,18H2,1-2H3. The van der Waals surface area contributed by atoms with Gasteiger partial charge in [0.05, 0.1) is 5.57 Å². The van der Waals surface area contributed by atoms with Crippen molar-refractivity contribution in [2.75, 3.05) is 12.3 Å². The number of nitrogens with two attached hydrogens (primary N) is 1. The molecule has 2 aliphatic heterocycles. The van der Waals surface area contributed by atoms with Crippen molar-refractivity contribution < 1.29 is 0 Å². The molecular formula is C16H18N4S. The Hall–Kier alpha value is -1.93. The molecule has 2 heterocycles. The minimum atomic E-state index is -0.270. The number of hydrogen-bond acceptors (Lipinski definition) is 5. The minimum Gasteiger partial charge on any atom is -0.384 e. The van der Waals surface area contributed by atoms with E-state index in [1.54, 1.807) is 11.8 Å². The van der Waals surface area contributed by atoms with Crippen LogP contribution in [-0.2, 0) is 0 Å². The van der Waals surface area contributed by atoms with Crippen molar-refractivity contribution >= 4 is 16.9 Å². The number of aliphatic imine (C=N–C) groups is 1. The molecule has 0 spiro atoms. The third-order valence-corrected chi connectivity index (χ3v) is 4.87. The second-order valence-corrected chi connectivity index (χ2v) is 6.61. The van der Waals surface area contributed by atoms with E-state index < -0.39 is 0 Å². The van der Waals surface area contributed by atoms with Gasteiger partial charge in [0.1, 0.15) is 17.9 Å². The fourth-order valence-corrected chi connectivity index (χ4v) is 3.60. The van der Waals surface area contributed by atoms with Gasteiger partial charge in [0.2, 0.25) is 0 Å². The molecule has 1 unspecified atom stereocenters. The topological polar surface area (TPSA) is 65.4 Å². The summed E-state index contributed by atoms with van der Waals surface area (Å²) in [6, 6.07) is 10.3. The first-order valence-electron chi connectivity index (χ1n) is 7.09. The highest BCUT2D eigenvalue weighted by molar-refractivity contribution is 8.14. The van der Waals surface area contributed by atoms with Crippen molar-refractivity contribution in [3.8, 4) is 6.07 Å². The highest BCUT2D eigenvalue weighted by Gasteiger charge is 2.33. The lowest BCUT2D eigenvalue weighted by Crippen LogP contribution is -2.34. The first-order valence-corrected chi connectivity index (χ1v) is 8.08. The highest BCUT2D eigenvalue weighted by atomic mass is 32.2. The first-order chi connectivity index (χ1) is 10.1. The van der Waals surface area contributed by atoms with Crippen molar-refractivity contribution in [1.82, 2.24) is 4.90 Å². The zero-order valence-electron chi connectivity index (χ0n) is 12.2. The third kappa shape index (κ3) is 2.40. The summed E-state index contributed by atoms with van der Waals surface area (Å²) in [5, 5.41) is 10.4. The molecule has 1 atom stereocenters. The maximum atomic E-state index is 9.47. The van der Waals surface area contributed by atoms with Crippen molar-refractivity contribution in [2.45, 2.75) is 25.8 Å². The second-order valence-electron chi connectivity index (χ2n) is 5.55. The predicted octanol–water partition coefficient (Wildman–Crippen LogP) is 2.96. The van der Waals surface area contributed by atoms with Crippen molar-refractivity contribution in [3.05, 3.63) is 46.8 Å². The van der Waals surface area contributed by atoms with E-state index in [4.69, 9.17) is 10.7 Å². The van der Waals surface area contributed by atoms with Gasteiger partial charge in [-0.25, -0.2) is 4.99 Å².